The molecule has 92 valence electrons. The number of anilines is 1. The summed E-state index contributed by atoms with van der Waals surface area (Å²) in [6.45, 7) is 1.92. The number of amides is 1. The lowest BCUT2D eigenvalue weighted by Gasteiger charge is -2.12. The number of nitrogens with one attached hydrogen (secondary N) is 1. The number of carbonyl (C=O) groups excluding carboxylic acids is 1. The molecule has 1 aromatic heterocycles. The van der Waals surface area contributed by atoms with Crippen LogP contribution < -0.4 is 10.1 Å². The van der Waals surface area contributed by atoms with Crippen molar-refractivity contribution in [3.63, 3.8) is 0 Å². The fourth-order valence-electron chi connectivity index (χ4n) is 1.65. The van der Waals surface area contributed by atoms with E-state index in [1.807, 2.05) is 25.1 Å². The Hall–Kier alpha value is -2.36. The lowest BCUT2D eigenvalue weighted by atomic mass is 10.1. The van der Waals surface area contributed by atoms with Crippen LogP contribution in [0, 0.1) is 6.92 Å². The molecule has 0 aliphatic carbocycles. The van der Waals surface area contributed by atoms with Crippen molar-refractivity contribution in [1.82, 2.24) is 4.98 Å². The second-order valence-corrected chi connectivity index (χ2v) is 3.85. The molecule has 1 aromatic carbocycles. The van der Waals surface area contributed by atoms with E-state index in [1.165, 1.54) is 6.20 Å². The van der Waals surface area contributed by atoms with E-state index in [-0.39, 0.29) is 5.91 Å². The van der Waals surface area contributed by atoms with Crippen molar-refractivity contribution in [2.24, 2.45) is 0 Å². The highest BCUT2D eigenvalue weighted by Gasteiger charge is 2.11. The van der Waals surface area contributed by atoms with Crippen LogP contribution in [0.1, 0.15) is 15.9 Å². The van der Waals surface area contributed by atoms with E-state index in [4.69, 9.17) is 4.74 Å². The Morgan fingerprint density at radius 2 is 2.11 bits per heavy atom. The first-order chi connectivity index (χ1) is 8.72. The second-order valence-electron chi connectivity index (χ2n) is 3.85. The van der Waals surface area contributed by atoms with E-state index in [9.17, 15) is 4.79 Å². The minimum atomic E-state index is -0.198. The van der Waals surface area contributed by atoms with Gasteiger partial charge in [-0.05, 0) is 30.7 Å². The predicted octanol–water partition coefficient (Wildman–Crippen LogP) is 2.65. The maximum Gasteiger partial charge on any atom is 0.257 e. The number of aromatic nitrogens is 1. The Morgan fingerprint density at radius 3 is 2.78 bits per heavy atom. The van der Waals surface area contributed by atoms with Gasteiger partial charge in [0.2, 0.25) is 0 Å². The summed E-state index contributed by atoms with van der Waals surface area (Å²) in [4.78, 5) is 15.9. The van der Waals surface area contributed by atoms with Crippen LogP contribution in [0.2, 0.25) is 0 Å². The summed E-state index contributed by atoms with van der Waals surface area (Å²) in [7, 11) is 1.58. The molecule has 1 N–H and O–H groups in total. The van der Waals surface area contributed by atoms with Gasteiger partial charge in [-0.15, -0.1) is 0 Å². The summed E-state index contributed by atoms with van der Waals surface area (Å²) < 4.78 is 5.23. The predicted molar refractivity (Wildman–Crippen MR) is 69.9 cm³/mol. The number of hydrogen-bond acceptors (Lipinski definition) is 3. The number of nitrogens with zero attached hydrogens (tertiary/aromatic N) is 1. The van der Waals surface area contributed by atoms with Gasteiger partial charge in [-0.2, -0.15) is 0 Å². The van der Waals surface area contributed by atoms with Crippen LogP contribution in [0.15, 0.2) is 42.7 Å². The fourth-order valence-corrected chi connectivity index (χ4v) is 1.65. The summed E-state index contributed by atoms with van der Waals surface area (Å²) in [5.74, 6) is 0.447. The Bertz CT molecular complexity index is 553. The van der Waals surface area contributed by atoms with Gasteiger partial charge in [0.05, 0.1) is 18.4 Å². The van der Waals surface area contributed by atoms with Crippen molar-refractivity contribution in [1.29, 1.82) is 0 Å². The van der Waals surface area contributed by atoms with E-state index < -0.39 is 0 Å². The zero-order chi connectivity index (χ0) is 13.0. The zero-order valence-electron chi connectivity index (χ0n) is 10.3. The number of hydrogen-bond donors (Lipinski definition) is 1. The molecular weight excluding hydrogens is 228 g/mol. The number of para-hydroxylation sites is 1. The summed E-state index contributed by atoms with van der Waals surface area (Å²) in [5.41, 5.74) is 2.16. The number of ether oxygens (including phenoxy) is 1. The van der Waals surface area contributed by atoms with E-state index >= 15 is 0 Å². The molecule has 0 radical (unpaired) electrons. The average Bonchev–Trinajstić information content (AvgIpc) is 2.42. The van der Waals surface area contributed by atoms with Crippen molar-refractivity contribution in [3.05, 3.63) is 53.9 Å². The van der Waals surface area contributed by atoms with Gasteiger partial charge in [0.15, 0.2) is 0 Å². The molecule has 4 heteroatoms. The molecule has 0 saturated heterocycles. The molecule has 2 aromatic rings. The second kappa shape index (κ2) is 5.31. The van der Waals surface area contributed by atoms with Crippen molar-refractivity contribution < 1.29 is 9.53 Å². The zero-order valence-corrected chi connectivity index (χ0v) is 10.3. The first-order valence-corrected chi connectivity index (χ1v) is 5.57. The third-order valence-corrected chi connectivity index (χ3v) is 2.62. The van der Waals surface area contributed by atoms with Crippen LogP contribution in [0.5, 0.6) is 5.75 Å². The molecule has 0 unspecified atom stereocenters. The Morgan fingerprint density at radius 1 is 1.28 bits per heavy atom. The lowest BCUT2D eigenvalue weighted by Crippen LogP contribution is -2.13. The molecule has 0 atom stereocenters. The van der Waals surface area contributed by atoms with Gasteiger partial charge in [-0.1, -0.05) is 12.1 Å². The standard InChI is InChI=1S/C14H14N2O2/c1-10-5-3-7-12(18-2)13(10)16-14(17)11-6-4-8-15-9-11/h3-9H,1-2H3,(H,16,17). The van der Waals surface area contributed by atoms with Gasteiger partial charge in [0.25, 0.3) is 5.91 Å². The van der Waals surface area contributed by atoms with Crippen molar-refractivity contribution in [2.75, 3.05) is 12.4 Å². The molecule has 0 spiro atoms. The van der Waals surface area contributed by atoms with E-state index in [0.717, 1.165) is 5.56 Å². The highest BCUT2D eigenvalue weighted by molar-refractivity contribution is 6.05. The average molecular weight is 242 g/mol. The smallest absolute Gasteiger partial charge is 0.257 e. The summed E-state index contributed by atoms with van der Waals surface area (Å²) in [6.07, 6.45) is 3.16. The molecule has 18 heavy (non-hydrogen) atoms. The molecule has 0 saturated carbocycles. The quantitative estimate of drug-likeness (QED) is 0.900. The van der Waals surface area contributed by atoms with Crippen LogP contribution in [-0.2, 0) is 0 Å². The number of pyridine rings is 1. The van der Waals surface area contributed by atoms with Gasteiger partial charge in [0.1, 0.15) is 5.75 Å². The number of rotatable bonds is 3. The molecule has 0 aliphatic heterocycles. The number of benzene rings is 1. The maximum atomic E-state index is 12.0. The molecule has 0 bridgehead atoms. The van der Waals surface area contributed by atoms with Gasteiger partial charge in [-0.3, -0.25) is 9.78 Å². The first-order valence-electron chi connectivity index (χ1n) is 5.57. The molecule has 4 nitrogen and oxygen atoms in total. The molecule has 1 amide bonds. The van der Waals surface area contributed by atoms with Crippen LogP contribution in [0.4, 0.5) is 5.69 Å². The van der Waals surface area contributed by atoms with Gasteiger partial charge >= 0.3 is 0 Å². The number of carbonyl (C=O) groups is 1. The monoisotopic (exact) mass is 242 g/mol. The Kier molecular flexibility index (Phi) is 3.57. The van der Waals surface area contributed by atoms with Crippen molar-refractivity contribution in [2.45, 2.75) is 6.92 Å². The highest BCUT2D eigenvalue weighted by Crippen LogP contribution is 2.27. The van der Waals surface area contributed by atoms with E-state index in [2.05, 4.69) is 10.3 Å². The molecule has 0 fully saturated rings. The summed E-state index contributed by atoms with van der Waals surface area (Å²) in [5, 5.41) is 2.84. The van der Waals surface area contributed by atoms with E-state index in [1.54, 1.807) is 25.4 Å². The molecular formula is C14H14N2O2. The third kappa shape index (κ3) is 2.48. The highest BCUT2D eigenvalue weighted by atomic mass is 16.5. The Labute approximate surface area is 106 Å². The Balaban J connectivity index is 2.27. The van der Waals surface area contributed by atoms with Crippen LogP contribution in [0.25, 0.3) is 0 Å². The van der Waals surface area contributed by atoms with Gasteiger partial charge in [-0.25, -0.2) is 0 Å². The lowest BCUT2D eigenvalue weighted by molar-refractivity contribution is 0.102. The molecule has 0 aliphatic rings. The van der Waals surface area contributed by atoms with Crippen LogP contribution in [0.3, 0.4) is 0 Å². The van der Waals surface area contributed by atoms with Gasteiger partial charge < -0.3 is 10.1 Å². The topological polar surface area (TPSA) is 51.2 Å². The first kappa shape index (κ1) is 12.1. The SMILES string of the molecule is COc1cccc(C)c1NC(=O)c1cccnc1. The molecule has 2 rings (SSSR count). The number of aryl methyl sites for hydroxylation is 1. The minimum Gasteiger partial charge on any atom is -0.495 e. The van der Waals surface area contributed by atoms with Gasteiger partial charge in [0, 0.05) is 12.4 Å². The number of methoxy groups -OCH3 is 1. The van der Waals surface area contributed by atoms with Crippen molar-refractivity contribution in [3.8, 4) is 5.75 Å². The van der Waals surface area contributed by atoms with E-state index in [0.29, 0.717) is 17.0 Å². The van der Waals surface area contributed by atoms with Crippen molar-refractivity contribution >= 4 is 11.6 Å². The summed E-state index contributed by atoms with van der Waals surface area (Å²) in [6, 6.07) is 9.05. The fraction of sp³-hybridized carbons (Fsp3) is 0.143. The normalized spacial score (nSPS) is 9.89. The minimum absolute atomic E-state index is 0.198. The van der Waals surface area contributed by atoms with Crippen LogP contribution in [-0.4, -0.2) is 18.0 Å². The molecule has 1 heterocycles. The van der Waals surface area contributed by atoms with Crippen LogP contribution >= 0.6 is 0 Å². The maximum absolute atomic E-state index is 12.0. The largest absolute Gasteiger partial charge is 0.495 e. The third-order valence-electron chi connectivity index (χ3n) is 2.62. The summed E-state index contributed by atoms with van der Waals surface area (Å²) >= 11 is 0.